The molecule has 0 radical (unpaired) electrons. The van der Waals surface area contributed by atoms with Gasteiger partial charge in [-0.25, -0.2) is 4.79 Å². The van der Waals surface area contributed by atoms with Crippen molar-refractivity contribution in [2.45, 2.75) is 6.42 Å². The number of aromatic nitrogens is 5. The van der Waals surface area contributed by atoms with E-state index in [4.69, 9.17) is 5.11 Å². The molecule has 0 unspecified atom stereocenters. The van der Waals surface area contributed by atoms with Crippen LogP contribution < -0.4 is 0 Å². The molecule has 1 aromatic carbocycles. The van der Waals surface area contributed by atoms with E-state index in [9.17, 15) is 14.4 Å². The van der Waals surface area contributed by atoms with E-state index in [0.717, 1.165) is 0 Å². The van der Waals surface area contributed by atoms with Crippen molar-refractivity contribution in [1.82, 2.24) is 25.6 Å². The monoisotopic (exact) mass is 299 g/mol. The van der Waals surface area contributed by atoms with Crippen LogP contribution in [0.15, 0.2) is 24.4 Å². The molecule has 3 rings (SSSR count). The van der Waals surface area contributed by atoms with Gasteiger partial charge >= 0.3 is 5.97 Å². The number of benzene rings is 1. The first kappa shape index (κ1) is 13.6. The molecule has 0 saturated carbocycles. The number of rotatable bonds is 5. The number of nitrogens with zero attached hydrogens (tertiary/aromatic N) is 3. The Bertz CT molecular complexity index is 881. The van der Waals surface area contributed by atoms with E-state index in [0.29, 0.717) is 10.9 Å². The van der Waals surface area contributed by atoms with Crippen LogP contribution in [0.25, 0.3) is 10.9 Å². The van der Waals surface area contributed by atoms with Gasteiger partial charge in [0.05, 0.1) is 12.0 Å². The summed E-state index contributed by atoms with van der Waals surface area (Å²) in [5.41, 5.74) is 0.918. The molecule has 3 aromatic rings. The highest BCUT2D eigenvalue weighted by molar-refractivity contribution is 6.17. The van der Waals surface area contributed by atoms with Crippen molar-refractivity contribution in [3.05, 3.63) is 41.3 Å². The number of carbonyl (C=O) groups excluding carboxylic acids is 2. The van der Waals surface area contributed by atoms with Gasteiger partial charge in [0.2, 0.25) is 11.6 Å². The van der Waals surface area contributed by atoms with E-state index in [1.54, 1.807) is 6.07 Å². The molecule has 0 bridgehead atoms. The van der Waals surface area contributed by atoms with Crippen LogP contribution in [-0.4, -0.2) is 48.3 Å². The zero-order chi connectivity index (χ0) is 15.7. The molecule has 0 aliphatic carbocycles. The van der Waals surface area contributed by atoms with E-state index in [1.165, 1.54) is 18.3 Å². The van der Waals surface area contributed by atoms with Crippen molar-refractivity contribution in [2.24, 2.45) is 0 Å². The van der Waals surface area contributed by atoms with Crippen molar-refractivity contribution in [3.63, 3.8) is 0 Å². The molecule has 2 heterocycles. The van der Waals surface area contributed by atoms with Crippen LogP contribution in [0.4, 0.5) is 0 Å². The highest BCUT2D eigenvalue weighted by Crippen LogP contribution is 2.21. The Balaban J connectivity index is 1.92. The third-order valence-electron chi connectivity index (χ3n) is 3.14. The number of aromatic amines is 2. The SMILES string of the molecule is O=C(O)c1ccc2[nH]cc(C(=O)CC(=O)c3nn[nH]n3)c2c1. The van der Waals surface area contributed by atoms with Gasteiger partial charge in [-0.05, 0) is 23.4 Å². The highest BCUT2D eigenvalue weighted by atomic mass is 16.4. The largest absolute Gasteiger partial charge is 0.478 e. The molecular weight excluding hydrogens is 290 g/mol. The number of Topliss-reactive ketones (excluding diaryl/α,β-unsaturated/α-hetero) is 2. The third kappa shape index (κ3) is 2.35. The predicted molar refractivity (Wildman–Crippen MR) is 72.7 cm³/mol. The van der Waals surface area contributed by atoms with E-state index in [-0.39, 0.29) is 17.0 Å². The van der Waals surface area contributed by atoms with Gasteiger partial charge in [-0.2, -0.15) is 5.21 Å². The van der Waals surface area contributed by atoms with Crippen molar-refractivity contribution >= 4 is 28.4 Å². The van der Waals surface area contributed by atoms with Crippen LogP contribution in [0.2, 0.25) is 0 Å². The summed E-state index contributed by atoms with van der Waals surface area (Å²) in [7, 11) is 0. The zero-order valence-electron chi connectivity index (χ0n) is 11.0. The standard InChI is InChI=1S/C13H9N5O4/c19-10(4-11(20)12-15-17-18-16-12)8-5-14-9-2-1-6(13(21)22)3-7(8)9/h1-3,5,14H,4H2,(H,21,22)(H,15,16,17,18). The fourth-order valence-electron chi connectivity index (χ4n) is 2.08. The second kappa shape index (κ2) is 5.20. The Hall–Kier alpha value is -3.36. The summed E-state index contributed by atoms with van der Waals surface area (Å²) in [6.45, 7) is 0. The molecule has 3 N–H and O–H groups in total. The molecule has 0 saturated heterocycles. The van der Waals surface area contributed by atoms with Gasteiger partial charge in [-0.15, -0.1) is 10.2 Å². The fourth-order valence-corrected chi connectivity index (χ4v) is 2.08. The maximum atomic E-state index is 12.2. The van der Waals surface area contributed by atoms with Gasteiger partial charge in [0, 0.05) is 22.7 Å². The number of carbonyl (C=O) groups is 3. The summed E-state index contributed by atoms with van der Waals surface area (Å²) in [6, 6.07) is 4.39. The molecule has 0 fully saturated rings. The zero-order valence-corrected chi connectivity index (χ0v) is 11.0. The first-order chi connectivity index (χ1) is 10.6. The molecule has 9 nitrogen and oxygen atoms in total. The Labute approximate surface area is 122 Å². The quantitative estimate of drug-likeness (QED) is 0.468. The summed E-state index contributed by atoms with van der Waals surface area (Å²) in [4.78, 5) is 37.9. The Morgan fingerprint density at radius 1 is 1.18 bits per heavy atom. The summed E-state index contributed by atoms with van der Waals surface area (Å²) in [5, 5.41) is 21.9. The van der Waals surface area contributed by atoms with Crippen LogP contribution >= 0.6 is 0 Å². The third-order valence-corrected chi connectivity index (χ3v) is 3.14. The minimum Gasteiger partial charge on any atom is -0.478 e. The maximum absolute atomic E-state index is 12.2. The van der Waals surface area contributed by atoms with Gasteiger partial charge < -0.3 is 10.1 Å². The normalized spacial score (nSPS) is 10.7. The van der Waals surface area contributed by atoms with Crippen molar-refractivity contribution < 1.29 is 19.5 Å². The van der Waals surface area contributed by atoms with Crippen LogP contribution in [0.5, 0.6) is 0 Å². The summed E-state index contributed by atoms with van der Waals surface area (Å²) < 4.78 is 0. The second-order valence-electron chi connectivity index (χ2n) is 4.53. The lowest BCUT2D eigenvalue weighted by atomic mass is 10.0. The number of carboxylic acids is 1. The minimum atomic E-state index is -1.09. The molecule has 0 amide bonds. The molecule has 110 valence electrons. The van der Waals surface area contributed by atoms with Gasteiger partial charge in [-0.1, -0.05) is 0 Å². The van der Waals surface area contributed by atoms with Crippen molar-refractivity contribution in [1.29, 1.82) is 0 Å². The average molecular weight is 299 g/mol. The maximum Gasteiger partial charge on any atom is 0.335 e. The number of nitrogens with one attached hydrogen (secondary N) is 2. The first-order valence-corrected chi connectivity index (χ1v) is 6.20. The number of hydrogen-bond acceptors (Lipinski definition) is 6. The molecule has 0 aliphatic rings. The Kier molecular flexibility index (Phi) is 3.22. The number of ketones is 2. The highest BCUT2D eigenvalue weighted by Gasteiger charge is 2.20. The van der Waals surface area contributed by atoms with E-state index < -0.39 is 24.0 Å². The predicted octanol–water partition coefficient (Wildman–Crippen LogP) is 0.835. The first-order valence-electron chi connectivity index (χ1n) is 6.20. The number of aromatic carboxylic acids is 1. The minimum absolute atomic E-state index is 0.0608. The number of fused-ring (bicyclic) bond motifs is 1. The van der Waals surface area contributed by atoms with Crippen LogP contribution in [0.3, 0.4) is 0 Å². The lowest BCUT2D eigenvalue weighted by Crippen LogP contribution is -2.10. The summed E-state index contributed by atoms with van der Waals surface area (Å²) in [5.74, 6) is -2.28. The number of H-pyrrole nitrogens is 2. The summed E-state index contributed by atoms with van der Waals surface area (Å²) >= 11 is 0. The number of hydrogen-bond donors (Lipinski definition) is 3. The second-order valence-corrected chi connectivity index (χ2v) is 4.53. The van der Waals surface area contributed by atoms with Crippen molar-refractivity contribution in [3.8, 4) is 0 Å². The van der Waals surface area contributed by atoms with Crippen LogP contribution in [-0.2, 0) is 0 Å². The average Bonchev–Trinajstić information content (AvgIpc) is 3.15. The Morgan fingerprint density at radius 3 is 2.68 bits per heavy atom. The molecule has 22 heavy (non-hydrogen) atoms. The van der Waals surface area contributed by atoms with Gasteiger partial charge in [-0.3, -0.25) is 9.59 Å². The van der Waals surface area contributed by atoms with E-state index in [2.05, 4.69) is 25.6 Å². The molecule has 0 spiro atoms. The molecule has 2 aromatic heterocycles. The lowest BCUT2D eigenvalue weighted by Gasteiger charge is -1.99. The van der Waals surface area contributed by atoms with Gasteiger partial charge in [0.1, 0.15) is 0 Å². The van der Waals surface area contributed by atoms with Crippen LogP contribution in [0.1, 0.15) is 37.8 Å². The molecular formula is C13H9N5O4. The summed E-state index contributed by atoms with van der Waals surface area (Å²) in [6.07, 6.45) is 1.02. The lowest BCUT2D eigenvalue weighted by molar-refractivity contribution is 0.0696. The smallest absolute Gasteiger partial charge is 0.335 e. The van der Waals surface area contributed by atoms with Gasteiger partial charge in [0.15, 0.2) is 5.78 Å². The number of carboxylic acid groups (broad SMARTS) is 1. The number of tetrazole rings is 1. The van der Waals surface area contributed by atoms with Gasteiger partial charge in [0.25, 0.3) is 0 Å². The topological polar surface area (TPSA) is 142 Å². The van der Waals surface area contributed by atoms with E-state index >= 15 is 0 Å². The van der Waals surface area contributed by atoms with E-state index in [1.807, 2.05) is 0 Å². The Morgan fingerprint density at radius 2 is 2.00 bits per heavy atom. The molecule has 0 atom stereocenters. The van der Waals surface area contributed by atoms with Crippen LogP contribution in [0, 0.1) is 0 Å². The molecule has 0 aliphatic heterocycles. The fraction of sp³-hybridized carbons (Fsp3) is 0.0769. The molecule has 9 heteroatoms. The van der Waals surface area contributed by atoms with Crippen molar-refractivity contribution in [2.75, 3.05) is 0 Å².